The standard InChI is InChI=1S/C23H25FN6O4/c1-13-12-33-18-5-6-19(28-22(18)27-13)30-11-14(34-23(30)32)4-3-7-25-9-15-16(24)10-26-17-8-20(31)29(2)21(15)17/h5-6,10,14,25H,1,3-4,7-9,11-12H2,2H3,(H,27,28). The number of carbonyl (C=O) groups is 2. The van der Waals surface area contributed by atoms with Gasteiger partial charge in [-0.05, 0) is 31.5 Å². The van der Waals surface area contributed by atoms with Crippen molar-refractivity contribution in [3.05, 3.63) is 47.7 Å². The smallest absolute Gasteiger partial charge is 0.415 e. The first-order valence-corrected chi connectivity index (χ1v) is 11.1. The van der Waals surface area contributed by atoms with Crippen LogP contribution in [0.3, 0.4) is 0 Å². The van der Waals surface area contributed by atoms with E-state index in [1.165, 1.54) is 16.0 Å². The first-order valence-electron chi connectivity index (χ1n) is 11.1. The summed E-state index contributed by atoms with van der Waals surface area (Å²) in [5.74, 6) is 1.09. The Labute approximate surface area is 195 Å². The van der Waals surface area contributed by atoms with E-state index in [2.05, 4.69) is 27.2 Å². The highest BCUT2D eigenvalue weighted by Crippen LogP contribution is 2.33. The molecule has 3 aliphatic heterocycles. The molecule has 1 atom stereocenters. The number of ether oxygens (including phenoxy) is 2. The van der Waals surface area contributed by atoms with Gasteiger partial charge >= 0.3 is 6.09 Å². The number of halogens is 1. The SMILES string of the molecule is C=C1COc2ccc(N3CC(CCCNCc4c(F)cnc5c4N(C)C(=O)C5)OC3=O)nc2N1. The lowest BCUT2D eigenvalue weighted by atomic mass is 10.1. The molecule has 11 heteroatoms. The van der Waals surface area contributed by atoms with Gasteiger partial charge in [-0.3, -0.25) is 14.7 Å². The number of nitrogens with one attached hydrogen (secondary N) is 2. The molecule has 2 N–H and O–H groups in total. The largest absolute Gasteiger partial charge is 0.484 e. The van der Waals surface area contributed by atoms with Crippen LogP contribution in [0, 0.1) is 5.82 Å². The van der Waals surface area contributed by atoms with Gasteiger partial charge < -0.3 is 25.0 Å². The Balaban J connectivity index is 1.12. The van der Waals surface area contributed by atoms with E-state index in [4.69, 9.17) is 9.47 Å². The number of hydrogen-bond acceptors (Lipinski definition) is 8. The fraction of sp³-hybridized carbons (Fsp3) is 0.391. The topological polar surface area (TPSA) is 109 Å². The van der Waals surface area contributed by atoms with Crippen molar-refractivity contribution in [3.63, 3.8) is 0 Å². The van der Waals surface area contributed by atoms with Gasteiger partial charge in [-0.1, -0.05) is 6.58 Å². The number of nitrogens with zero attached hydrogens (tertiary/aromatic N) is 4. The first-order chi connectivity index (χ1) is 16.4. The minimum Gasteiger partial charge on any atom is -0.484 e. The maximum absolute atomic E-state index is 14.3. The molecule has 2 amide bonds. The Hall–Kier alpha value is -3.73. The van der Waals surface area contributed by atoms with E-state index in [0.717, 1.165) is 6.42 Å². The first kappa shape index (κ1) is 22.1. The highest BCUT2D eigenvalue weighted by Gasteiger charge is 2.34. The number of pyridine rings is 2. The predicted molar refractivity (Wildman–Crippen MR) is 122 cm³/mol. The summed E-state index contributed by atoms with van der Waals surface area (Å²) in [5, 5.41) is 6.29. The van der Waals surface area contributed by atoms with Crippen molar-refractivity contribution in [2.24, 2.45) is 0 Å². The van der Waals surface area contributed by atoms with E-state index in [9.17, 15) is 14.0 Å². The molecule has 0 bridgehead atoms. The Morgan fingerprint density at radius 3 is 3.06 bits per heavy atom. The number of rotatable bonds is 7. The molecule has 2 aromatic heterocycles. The molecule has 0 radical (unpaired) electrons. The minimum atomic E-state index is -0.442. The zero-order chi connectivity index (χ0) is 23.8. The Morgan fingerprint density at radius 2 is 2.21 bits per heavy atom. The van der Waals surface area contributed by atoms with E-state index in [-0.39, 0.29) is 25.0 Å². The van der Waals surface area contributed by atoms with Crippen molar-refractivity contribution < 1.29 is 23.5 Å². The number of cyclic esters (lactones) is 1. The van der Waals surface area contributed by atoms with Gasteiger partial charge in [-0.15, -0.1) is 0 Å². The van der Waals surface area contributed by atoms with Gasteiger partial charge in [-0.25, -0.2) is 14.2 Å². The molecule has 3 aliphatic rings. The summed E-state index contributed by atoms with van der Waals surface area (Å²) in [6.07, 6.45) is 2.02. The maximum atomic E-state index is 14.3. The number of amides is 2. The number of carbonyl (C=O) groups excluding carboxylic acids is 2. The molecule has 178 valence electrons. The summed E-state index contributed by atoms with van der Waals surface area (Å²) < 4.78 is 25.4. The average Bonchev–Trinajstić information content (AvgIpc) is 3.33. The fourth-order valence-electron chi connectivity index (χ4n) is 4.33. The third-order valence-electron chi connectivity index (χ3n) is 6.08. The van der Waals surface area contributed by atoms with Gasteiger partial charge in [-0.2, -0.15) is 0 Å². The average molecular weight is 468 g/mol. The van der Waals surface area contributed by atoms with E-state index >= 15 is 0 Å². The Morgan fingerprint density at radius 1 is 1.35 bits per heavy atom. The third kappa shape index (κ3) is 4.14. The normalized spacial score (nSPS) is 19.0. The second-order valence-electron chi connectivity index (χ2n) is 8.48. The van der Waals surface area contributed by atoms with Gasteiger partial charge in [0.05, 0.1) is 30.5 Å². The van der Waals surface area contributed by atoms with Crippen molar-refractivity contribution in [1.82, 2.24) is 15.3 Å². The van der Waals surface area contributed by atoms with Crippen LogP contribution in [0.2, 0.25) is 0 Å². The lowest BCUT2D eigenvalue weighted by Gasteiger charge is -2.21. The lowest BCUT2D eigenvalue weighted by Crippen LogP contribution is -2.27. The molecule has 1 unspecified atom stereocenters. The zero-order valence-corrected chi connectivity index (χ0v) is 18.8. The molecule has 1 fully saturated rings. The molecule has 0 aliphatic carbocycles. The van der Waals surface area contributed by atoms with Crippen LogP contribution < -0.4 is 25.2 Å². The van der Waals surface area contributed by atoms with Crippen molar-refractivity contribution in [1.29, 1.82) is 0 Å². The highest BCUT2D eigenvalue weighted by molar-refractivity contribution is 6.01. The summed E-state index contributed by atoms with van der Waals surface area (Å²) in [5.41, 5.74) is 2.29. The molecule has 34 heavy (non-hydrogen) atoms. The van der Waals surface area contributed by atoms with Crippen molar-refractivity contribution >= 4 is 29.3 Å². The molecule has 5 rings (SSSR count). The lowest BCUT2D eigenvalue weighted by molar-refractivity contribution is -0.117. The fourth-order valence-corrected chi connectivity index (χ4v) is 4.33. The molecule has 0 aromatic carbocycles. The van der Waals surface area contributed by atoms with Gasteiger partial charge in [0.15, 0.2) is 11.6 Å². The van der Waals surface area contributed by atoms with Crippen LogP contribution in [0.15, 0.2) is 30.6 Å². The molecule has 1 saturated heterocycles. The zero-order valence-electron chi connectivity index (χ0n) is 18.8. The van der Waals surface area contributed by atoms with Crippen molar-refractivity contribution in [3.8, 4) is 5.75 Å². The summed E-state index contributed by atoms with van der Waals surface area (Å²) in [7, 11) is 1.63. The highest BCUT2D eigenvalue weighted by atomic mass is 19.1. The number of likely N-dealkylation sites (N-methyl/N-ethyl adjacent to an activating group) is 1. The van der Waals surface area contributed by atoms with Crippen LogP contribution in [0.25, 0.3) is 0 Å². The van der Waals surface area contributed by atoms with E-state index in [0.29, 0.717) is 66.1 Å². The van der Waals surface area contributed by atoms with E-state index in [1.807, 2.05) is 0 Å². The van der Waals surface area contributed by atoms with Gasteiger partial charge in [0.1, 0.15) is 24.3 Å². The van der Waals surface area contributed by atoms with Gasteiger partial charge in [0, 0.05) is 24.9 Å². The second kappa shape index (κ2) is 8.90. The molecule has 0 spiro atoms. The molecule has 5 heterocycles. The number of fused-ring (bicyclic) bond motifs is 2. The summed E-state index contributed by atoms with van der Waals surface area (Å²) >= 11 is 0. The Bertz CT molecular complexity index is 1170. The monoisotopic (exact) mass is 468 g/mol. The van der Waals surface area contributed by atoms with Crippen LogP contribution in [-0.4, -0.2) is 54.8 Å². The van der Waals surface area contributed by atoms with Gasteiger partial charge in [0.25, 0.3) is 0 Å². The number of anilines is 3. The van der Waals surface area contributed by atoms with Crippen LogP contribution in [0.5, 0.6) is 5.75 Å². The number of aromatic nitrogens is 2. The van der Waals surface area contributed by atoms with Crippen molar-refractivity contribution in [2.75, 3.05) is 41.9 Å². The van der Waals surface area contributed by atoms with E-state index in [1.54, 1.807) is 19.2 Å². The van der Waals surface area contributed by atoms with Crippen LogP contribution >= 0.6 is 0 Å². The summed E-state index contributed by atoms with van der Waals surface area (Å²) in [6, 6.07) is 3.49. The molecular formula is C23H25FN6O4. The summed E-state index contributed by atoms with van der Waals surface area (Å²) in [6.45, 7) is 5.49. The third-order valence-corrected chi connectivity index (χ3v) is 6.08. The van der Waals surface area contributed by atoms with Crippen LogP contribution in [0.1, 0.15) is 24.1 Å². The van der Waals surface area contributed by atoms with Gasteiger partial charge in [0.2, 0.25) is 5.91 Å². The number of hydrogen-bond donors (Lipinski definition) is 2. The van der Waals surface area contributed by atoms with Crippen molar-refractivity contribution in [2.45, 2.75) is 31.9 Å². The second-order valence-corrected chi connectivity index (χ2v) is 8.48. The van der Waals surface area contributed by atoms with Crippen LogP contribution in [0.4, 0.5) is 26.5 Å². The quantitative estimate of drug-likeness (QED) is 0.596. The summed E-state index contributed by atoms with van der Waals surface area (Å²) in [4.78, 5) is 35.8. The van der Waals surface area contributed by atoms with Crippen LogP contribution in [-0.2, 0) is 22.5 Å². The minimum absolute atomic E-state index is 0.0939. The molecule has 10 nitrogen and oxygen atoms in total. The molecule has 0 saturated carbocycles. The molecular weight excluding hydrogens is 443 g/mol. The molecule has 2 aromatic rings. The van der Waals surface area contributed by atoms with E-state index < -0.39 is 11.9 Å². The maximum Gasteiger partial charge on any atom is 0.415 e. The predicted octanol–water partition coefficient (Wildman–Crippen LogP) is 2.35. The Kier molecular flexibility index (Phi) is 5.78.